The van der Waals surface area contributed by atoms with E-state index in [0.29, 0.717) is 0 Å². The molecule has 0 aromatic heterocycles. The Balaban J connectivity index is 1.91. The van der Waals surface area contributed by atoms with Gasteiger partial charge in [-0.3, -0.25) is 10.2 Å². The molecule has 4 N–H and O–H groups in total. The number of amides is 1. The summed E-state index contributed by atoms with van der Waals surface area (Å²) in [6, 6.07) is 15.5. The zero-order chi connectivity index (χ0) is 13.2. The minimum absolute atomic E-state index is 0.0655. The molecule has 96 valence electrons. The smallest absolute Gasteiger partial charge is 0.265 e. The van der Waals surface area contributed by atoms with Gasteiger partial charge >= 0.3 is 0 Å². The Morgan fingerprint density at radius 1 is 1.11 bits per heavy atom. The van der Waals surface area contributed by atoms with E-state index in [-0.39, 0.29) is 11.9 Å². The molecule has 19 heavy (non-hydrogen) atoms. The van der Waals surface area contributed by atoms with E-state index in [0.717, 1.165) is 28.8 Å². The Kier molecular flexibility index (Phi) is 2.93. The summed E-state index contributed by atoms with van der Waals surface area (Å²) >= 11 is 0. The molecule has 0 saturated heterocycles. The van der Waals surface area contributed by atoms with Gasteiger partial charge < -0.3 is 5.73 Å². The van der Waals surface area contributed by atoms with Crippen molar-refractivity contribution in [1.82, 2.24) is 10.9 Å². The zero-order valence-corrected chi connectivity index (χ0v) is 10.4. The molecule has 1 amide bonds. The molecule has 0 fully saturated rings. The number of hydrogen-bond acceptors (Lipinski definition) is 3. The van der Waals surface area contributed by atoms with Gasteiger partial charge in [-0.1, -0.05) is 30.3 Å². The lowest BCUT2D eigenvalue weighted by molar-refractivity contribution is 0.0907. The van der Waals surface area contributed by atoms with E-state index in [1.807, 2.05) is 48.5 Å². The number of fused-ring (bicyclic) bond motifs is 1. The van der Waals surface area contributed by atoms with Crippen LogP contribution >= 0.6 is 0 Å². The van der Waals surface area contributed by atoms with Crippen molar-refractivity contribution in [1.29, 1.82) is 0 Å². The third kappa shape index (κ3) is 2.30. The van der Waals surface area contributed by atoms with E-state index in [2.05, 4.69) is 10.9 Å². The molecule has 2 aromatic carbocycles. The molecular formula is C15H15N3O. The quantitative estimate of drug-likeness (QED) is 0.715. The molecule has 1 aliphatic heterocycles. The molecular weight excluding hydrogens is 238 g/mol. The van der Waals surface area contributed by atoms with Gasteiger partial charge in [0.1, 0.15) is 0 Å². The fourth-order valence-electron chi connectivity index (χ4n) is 2.42. The standard InChI is InChI=1S/C15H15N3O/c16-11-5-3-4-10(8-11)9-14-12-6-1-2-7-13(12)15(19)18-17-14/h1-8,14,17H,9,16H2,(H,18,19). The van der Waals surface area contributed by atoms with Gasteiger partial charge in [0.15, 0.2) is 0 Å². The average molecular weight is 253 g/mol. The molecule has 0 radical (unpaired) electrons. The first-order valence-corrected chi connectivity index (χ1v) is 6.23. The molecule has 1 atom stereocenters. The Morgan fingerprint density at radius 2 is 1.95 bits per heavy atom. The second-order valence-electron chi connectivity index (χ2n) is 4.69. The maximum Gasteiger partial charge on any atom is 0.265 e. The van der Waals surface area contributed by atoms with Gasteiger partial charge in [-0.15, -0.1) is 0 Å². The third-order valence-corrected chi connectivity index (χ3v) is 3.33. The van der Waals surface area contributed by atoms with Crippen molar-refractivity contribution in [3.8, 4) is 0 Å². The lowest BCUT2D eigenvalue weighted by Gasteiger charge is -2.27. The summed E-state index contributed by atoms with van der Waals surface area (Å²) < 4.78 is 0. The van der Waals surface area contributed by atoms with Gasteiger partial charge in [-0.2, -0.15) is 0 Å². The van der Waals surface area contributed by atoms with Crippen LogP contribution in [-0.4, -0.2) is 5.91 Å². The normalized spacial score (nSPS) is 17.7. The number of nitrogens with two attached hydrogens (primary N) is 1. The maximum absolute atomic E-state index is 11.7. The summed E-state index contributed by atoms with van der Waals surface area (Å²) in [6.07, 6.45) is 0.780. The lowest BCUT2D eigenvalue weighted by atomic mass is 9.93. The molecule has 0 bridgehead atoms. The molecule has 3 rings (SSSR count). The van der Waals surface area contributed by atoms with Crippen LogP contribution < -0.4 is 16.6 Å². The molecule has 1 aliphatic rings. The number of rotatable bonds is 2. The predicted octanol–water partition coefficient (Wildman–Crippen LogP) is 1.80. The predicted molar refractivity (Wildman–Crippen MR) is 74.3 cm³/mol. The van der Waals surface area contributed by atoms with E-state index < -0.39 is 0 Å². The van der Waals surface area contributed by atoms with Crippen molar-refractivity contribution < 1.29 is 4.79 Å². The molecule has 4 heteroatoms. The third-order valence-electron chi connectivity index (χ3n) is 3.33. The Hall–Kier alpha value is -2.33. The molecule has 0 spiro atoms. The highest BCUT2D eigenvalue weighted by Crippen LogP contribution is 2.24. The zero-order valence-electron chi connectivity index (χ0n) is 10.4. The van der Waals surface area contributed by atoms with Gasteiger partial charge in [0.2, 0.25) is 0 Å². The van der Waals surface area contributed by atoms with Crippen molar-refractivity contribution in [2.24, 2.45) is 0 Å². The van der Waals surface area contributed by atoms with Gasteiger partial charge in [-0.25, -0.2) is 5.43 Å². The monoisotopic (exact) mass is 253 g/mol. The van der Waals surface area contributed by atoms with Crippen molar-refractivity contribution in [2.45, 2.75) is 12.5 Å². The second-order valence-corrected chi connectivity index (χ2v) is 4.69. The van der Waals surface area contributed by atoms with Crippen molar-refractivity contribution in [2.75, 3.05) is 5.73 Å². The number of hydrazine groups is 1. The first kappa shape index (κ1) is 11.7. The van der Waals surface area contributed by atoms with Crippen LogP contribution in [0.3, 0.4) is 0 Å². The maximum atomic E-state index is 11.7. The molecule has 4 nitrogen and oxygen atoms in total. The van der Waals surface area contributed by atoms with Crippen LogP contribution in [0, 0.1) is 0 Å². The van der Waals surface area contributed by atoms with Gasteiger partial charge in [0.25, 0.3) is 5.91 Å². The largest absolute Gasteiger partial charge is 0.399 e. The van der Waals surface area contributed by atoms with Crippen molar-refractivity contribution in [3.63, 3.8) is 0 Å². The molecule has 0 aliphatic carbocycles. The van der Waals surface area contributed by atoms with Crippen molar-refractivity contribution >= 4 is 11.6 Å². The minimum atomic E-state index is -0.0839. The number of nitrogens with one attached hydrogen (secondary N) is 2. The first-order valence-electron chi connectivity index (χ1n) is 6.23. The number of hydrogen-bond donors (Lipinski definition) is 3. The van der Waals surface area contributed by atoms with E-state index >= 15 is 0 Å². The van der Waals surface area contributed by atoms with Crippen molar-refractivity contribution in [3.05, 3.63) is 65.2 Å². The summed E-state index contributed by atoms with van der Waals surface area (Å²) in [4.78, 5) is 11.7. The van der Waals surface area contributed by atoms with Crippen LogP contribution in [0.25, 0.3) is 0 Å². The molecule has 1 unspecified atom stereocenters. The Bertz CT molecular complexity index is 624. The van der Waals surface area contributed by atoms with Crippen LogP contribution in [-0.2, 0) is 6.42 Å². The second kappa shape index (κ2) is 4.74. The number of carbonyl (C=O) groups excluding carboxylic acids is 1. The SMILES string of the molecule is Nc1cccc(CC2NNC(=O)c3ccccc32)c1. The van der Waals surface area contributed by atoms with E-state index in [4.69, 9.17) is 5.73 Å². The van der Waals surface area contributed by atoms with Gasteiger partial charge in [-0.05, 0) is 35.7 Å². The average Bonchev–Trinajstić information content (AvgIpc) is 2.42. The van der Waals surface area contributed by atoms with Gasteiger partial charge in [0, 0.05) is 11.3 Å². The minimum Gasteiger partial charge on any atom is -0.399 e. The number of benzene rings is 2. The fourth-order valence-corrected chi connectivity index (χ4v) is 2.42. The lowest BCUT2D eigenvalue weighted by Crippen LogP contribution is -2.45. The number of nitrogen functional groups attached to an aromatic ring is 1. The Labute approximate surface area is 111 Å². The van der Waals surface area contributed by atoms with E-state index in [9.17, 15) is 4.79 Å². The summed E-state index contributed by atoms with van der Waals surface area (Å²) in [5.41, 5.74) is 15.2. The van der Waals surface area contributed by atoms with Crippen LogP contribution in [0.4, 0.5) is 5.69 Å². The highest BCUT2D eigenvalue weighted by atomic mass is 16.2. The number of anilines is 1. The van der Waals surface area contributed by atoms with Crippen LogP contribution in [0.2, 0.25) is 0 Å². The molecule has 2 aromatic rings. The topological polar surface area (TPSA) is 67.2 Å². The summed E-state index contributed by atoms with van der Waals surface area (Å²) in [5, 5.41) is 0. The van der Waals surface area contributed by atoms with Crippen LogP contribution in [0.15, 0.2) is 48.5 Å². The fraction of sp³-hybridized carbons (Fsp3) is 0.133. The highest BCUT2D eigenvalue weighted by Gasteiger charge is 2.24. The summed E-state index contributed by atoms with van der Waals surface area (Å²) in [7, 11) is 0. The highest BCUT2D eigenvalue weighted by molar-refractivity contribution is 5.96. The van der Waals surface area contributed by atoms with Gasteiger partial charge in [0.05, 0.1) is 6.04 Å². The molecule has 1 heterocycles. The van der Waals surface area contributed by atoms with E-state index in [1.165, 1.54) is 0 Å². The van der Waals surface area contributed by atoms with Crippen LogP contribution in [0.1, 0.15) is 27.5 Å². The number of carbonyl (C=O) groups is 1. The Morgan fingerprint density at radius 3 is 2.79 bits per heavy atom. The summed E-state index contributed by atoms with van der Waals surface area (Å²) in [5.74, 6) is -0.0839. The molecule has 0 saturated carbocycles. The van der Waals surface area contributed by atoms with Crippen LogP contribution in [0.5, 0.6) is 0 Å². The summed E-state index contributed by atoms with van der Waals surface area (Å²) in [6.45, 7) is 0. The first-order chi connectivity index (χ1) is 9.24. The van der Waals surface area contributed by atoms with E-state index in [1.54, 1.807) is 0 Å².